The van der Waals surface area contributed by atoms with Crippen LogP contribution in [0.1, 0.15) is 16.1 Å². The second kappa shape index (κ2) is 7.92. The molecule has 1 aromatic heterocycles. The molecular formula is C19H18FNO4. The molecule has 3 rings (SSSR count). The molecule has 0 fully saturated rings. The number of hydrogen-bond acceptors (Lipinski definition) is 4. The number of benzene rings is 2. The molecule has 1 heterocycles. The maximum absolute atomic E-state index is 13.6. The van der Waals surface area contributed by atoms with Gasteiger partial charge in [0.05, 0.1) is 19.3 Å². The number of ether oxygens (including phenoxy) is 1. The summed E-state index contributed by atoms with van der Waals surface area (Å²) in [6, 6.07) is 15.5. The maximum Gasteiger partial charge on any atom is 0.287 e. The van der Waals surface area contributed by atoms with E-state index in [1.807, 2.05) is 30.3 Å². The summed E-state index contributed by atoms with van der Waals surface area (Å²) in [6.45, 7) is 0.478. The Morgan fingerprint density at radius 2 is 2.00 bits per heavy atom. The first-order valence-electron chi connectivity index (χ1n) is 7.89. The Balaban J connectivity index is 1.47. The van der Waals surface area contributed by atoms with Gasteiger partial charge in [-0.3, -0.25) is 4.79 Å². The number of fused-ring (bicyclic) bond motifs is 1. The lowest BCUT2D eigenvalue weighted by molar-refractivity contribution is 0.0283. The summed E-state index contributed by atoms with van der Waals surface area (Å²) in [5.41, 5.74) is 1.04. The molecule has 1 unspecified atom stereocenters. The molecule has 0 spiro atoms. The standard InChI is InChI=1S/C19H18FNO4/c20-16-8-4-7-14-9-17(25-18(14)16)19(23)21-10-15(22)12-24-11-13-5-2-1-3-6-13/h1-9,15,22H,10-12H2,(H,21,23). The van der Waals surface area contributed by atoms with Crippen molar-refractivity contribution in [3.05, 3.63) is 71.7 Å². The fourth-order valence-corrected chi connectivity index (χ4v) is 2.38. The molecular weight excluding hydrogens is 325 g/mol. The highest BCUT2D eigenvalue weighted by Crippen LogP contribution is 2.21. The van der Waals surface area contributed by atoms with Gasteiger partial charge < -0.3 is 19.6 Å². The van der Waals surface area contributed by atoms with Crippen molar-refractivity contribution in [3.8, 4) is 0 Å². The fraction of sp³-hybridized carbons (Fsp3) is 0.211. The molecule has 0 saturated heterocycles. The predicted octanol–water partition coefficient (Wildman–Crippen LogP) is 2.88. The first-order valence-corrected chi connectivity index (χ1v) is 7.89. The van der Waals surface area contributed by atoms with Crippen LogP contribution in [0.25, 0.3) is 11.0 Å². The first-order chi connectivity index (χ1) is 12.1. The van der Waals surface area contributed by atoms with Crippen molar-refractivity contribution in [2.45, 2.75) is 12.7 Å². The minimum atomic E-state index is -0.853. The van der Waals surface area contributed by atoms with E-state index in [1.165, 1.54) is 12.1 Å². The summed E-state index contributed by atoms with van der Waals surface area (Å²) >= 11 is 0. The molecule has 0 aliphatic rings. The molecule has 0 aliphatic carbocycles. The van der Waals surface area contributed by atoms with Gasteiger partial charge in [-0.2, -0.15) is 0 Å². The maximum atomic E-state index is 13.6. The van der Waals surface area contributed by atoms with Crippen LogP contribution < -0.4 is 5.32 Å². The second-order valence-electron chi connectivity index (χ2n) is 5.63. The number of para-hydroxylation sites is 1. The number of carbonyl (C=O) groups excluding carboxylic acids is 1. The predicted molar refractivity (Wildman–Crippen MR) is 90.6 cm³/mol. The van der Waals surface area contributed by atoms with Crippen LogP contribution in [-0.4, -0.2) is 30.3 Å². The lowest BCUT2D eigenvalue weighted by Crippen LogP contribution is -2.34. The van der Waals surface area contributed by atoms with E-state index in [0.29, 0.717) is 12.0 Å². The Morgan fingerprint density at radius 1 is 1.20 bits per heavy atom. The van der Waals surface area contributed by atoms with Gasteiger partial charge >= 0.3 is 0 Å². The monoisotopic (exact) mass is 343 g/mol. The van der Waals surface area contributed by atoms with Gasteiger partial charge in [0, 0.05) is 11.9 Å². The molecule has 2 N–H and O–H groups in total. The normalized spacial score (nSPS) is 12.2. The number of carbonyl (C=O) groups is 1. The van der Waals surface area contributed by atoms with E-state index in [-0.39, 0.29) is 24.5 Å². The topological polar surface area (TPSA) is 71.7 Å². The second-order valence-corrected chi connectivity index (χ2v) is 5.63. The molecule has 2 aromatic carbocycles. The molecule has 3 aromatic rings. The Bertz CT molecular complexity index is 847. The van der Waals surface area contributed by atoms with Crippen LogP contribution in [0.15, 0.2) is 59.0 Å². The third-order valence-corrected chi connectivity index (χ3v) is 3.64. The summed E-state index contributed by atoms with van der Waals surface area (Å²) < 4.78 is 24.2. The molecule has 25 heavy (non-hydrogen) atoms. The highest BCUT2D eigenvalue weighted by molar-refractivity contribution is 5.96. The number of halogens is 1. The van der Waals surface area contributed by atoms with E-state index in [1.54, 1.807) is 12.1 Å². The van der Waals surface area contributed by atoms with Crippen molar-refractivity contribution in [1.82, 2.24) is 5.32 Å². The van der Waals surface area contributed by atoms with E-state index < -0.39 is 17.8 Å². The molecule has 0 aliphatic heterocycles. The number of nitrogens with one attached hydrogen (secondary N) is 1. The van der Waals surface area contributed by atoms with Crippen LogP contribution in [0.2, 0.25) is 0 Å². The van der Waals surface area contributed by atoms with Gasteiger partial charge in [-0.15, -0.1) is 0 Å². The van der Waals surface area contributed by atoms with Crippen molar-refractivity contribution in [2.24, 2.45) is 0 Å². The molecule has 1 amide bonds. The lowest BCUT2D eigenvalue weighted by atomic mass is 10.2. The zero-order valence-corrected chi connectivity index (χ0v) is 13.4. The average molecular weight is 343 g/mol. The number of aliphatic hydroxyl groups is 1. The molecule has 5 nitrogen and oxygen atoms in total. The molecule has 0 bridgehead atoms. The van der Waals surface area contributed by atoms with Crippen molar-refractivity contribution in [3.63, 3.8) is 0 Å². The summed E-state index contributed by atoms with van der Waals surface area (Å²) in [5.74, 6) is -1.04. The summed E-state index contributed by atoms with van der Waals surface area (Å²) in [7, 11) is 0. The van der Waals surface area contributed by atoms with Crippen LogP contribution in [-0.2, 0) is 11.3 Å². The third kappa shape index (κ3) is 4.43. The number of hydrogen-bond donors (Lipinski definition) is 2. The van der Waals surface area contributed by atoms with Gasteiger partial charge in [-0.05, 0) is 17.7 Å². The zero-order chi connectivity index (χ0) is 17.6. The van der Waals surface area contributed by atoms with Gasteiger partial charge in [0.1, 0.15) is 0 Å². The Hall–Kier alpha value is -2.70. The van der Waals surface area contributed by atoms with Crippen molar-refractivity contribution in [2.75, 3.05) is 13.2 Å². The van der Waals surface area contributed by atoms with Crippen molar-refractivity contribution >= 4 is 16.9 Å². The van der Waals surface area contributed by atoms with E-state index >= 15 is 0 Å². The van der Waals surface area contributed by atoms with Crippen LogP contribution >= 0.6 is 0 Å². The highest BCUT2D eigenvalue weighted by Gasteiger charge is 2.15. The largest absolute Gasteiger partial charge is 0.448 e. The number of rotatable bonds is 7. The van der Waals surface area contributed by atoms with E-state index in [0.717, 1.165) is 5.56 Å². The SMILES string of the molecule is O=C(NCC(O)COCc1ccccc1)c1cc2cccc(F)c2o1. The highest BCUT2D eigenvalue weighted by atomic mass is 19.1. The summed E-state index contributed by atoms with van der Waals surface area (Å²) in [6.07, 6.45) is -0.853. The van der Waals surface area contributed by atoms with Gasteiger partial charge in [0.25, 0.3) is 5.91 Å². The van der Waals surface area contributed by atoms with Crippen molar-refractivity contribution < 1.29 is 23.4 Å². The van der Waals surface area contributed by atoms with Gasteiger partial charge in [-0.1, -0.05) is 42.5 Å². The van der Waals surface area contributed by atoms with Crippen LogP contribution in [0.3, 0.4) is 0 Å². The average Bonchev–Trinajstić information content (AvgIpc) is 3.06. The minimum absolute atomic E-state index is 0.00231. The van der Waals surface area contributed by atoms with Crippen LogP contribution in [0.5, 0.6) is 0 Å². The first kappa shape index (κ1) is 17.1. The van der Waals surface area contributed by atoms with Gasteiger partial charge in [-0.25, -0.2) is 4.39 Å². The Morgan fingerprint density at radius 3 is 2.76 bits per heavy atom. The lowest BCUT2D eigenvalue weighted by Gasteiger charge is -2.12. The van der Waals surface area contributed by atoms with Gasteiger partial charge in [0.2, 0.25) is 0 Å². The summed E-state index contributed by atoms with van der Waals surface area (Å²) in [4.78, 5) is 12.0. The number of amides is 1. The zero-order valence-electron chi connectivity index (χ0n) is 13.4. The molecule has 0 saturated carbocycles. The van der Waals surface area contributed by atoms with E-state index in [2.05, 4.69) is 5.32 Å². The molecule has 0 radical (unpaired) electrons. The number of aliphatic hydroxyl groups excluding tert-OH is 1. The smallest absolute Gasteiger partial charge is 0.287 e. The Labute approximate surface area is 144 Å². The fourth-order valence-electron chi connectivity index (χ4n) is 2.38. The number of furan rings is 1. The van der Waals surface area contributed by atoms with Crippen molar-refractivity contribution in [1.29, 1.82) is 0 Å². The summed E-state index contributed by atoms with van der Waals surface area (Å²) in [5, 5.41) is 12.9. The van der Waals surface area contributed by atoms with Crippen LogP contribution in [0.4, 0.5) is 4.39 Å². The minimum Gasteiger partial charge on any atom is -0.448 e. The molecule has 1 atom stereocenters. The molecule has 130 valence electrons. The Kier molecular flexibility index (Phi) is 5.42. The quantitative estimate of drug-likeness (QED) is 0.692. The van der Waals surface area contributed by atoms with Gasteiger partial charge in [0.15, 0.2) is 17.2 Å². The third-order valence-electron chi connectivity index (χ3n) is 3.64. The molecule has 6 heteroatoms. The van der Waals surface area contributed by atoms with Crippen LogP contribution in [0, 0.1) is 5.82 Å². The van der Waals surface area contributed by atoms with E-state index in [4.69, 9.17) is 9.15 Å². The van der Waals surface area contributed by atoms with E-state index in [9.17, 15) is 14.3 Å².